The van der Waals surface area contributed by atoms with E-state index < -0.39 is 49.2 Å². The third kappa shape index (κ3) is 10.2. The Balaban J connectivity index is 1.13. The first kappa shape index (κ1) is 38.9. The van der Waals surface area contributed by atoms with Gasteiger partial charge in [0.05, 0.1) is 37.6 Å². The monoisotopic (exact) mass is 727 g/mol. The van der Waals surface area contributed by atoms with Crippen LogP contribution < -0.4 is 10.1 Å². The summed E-state index contributed by atoms with van der Waals surface area (Å²) >= 11 is 6.79. The lowest BCUT2D eigenvalue weighted by Gasteiger charge is -2.27. The second-order valence-corrected chi connectivity index (χ2v) is 13.9. The van der Waals surface area contributed by atoms with E-state index in [-0.39, 0.29) is 19.3 Å². The highest BCUT2D eigenvalue weighted by Crippen LogP contribution is 2.53. The number of ether oxygens (including phenoxy) is 2. The quantitative estimate of drug-likeness (QED) is 0.0853. The average molecular weight is 728 g/mol. The van der Waals surface area contributed by atoms with Crippen molar-refractivity contribution < 1.29 is 44.9 Å². The lowest BCUT2D eigenvalue weighted by Crippen LogP contribution is -2.51. The minimum Gasteiger partial charge on any atom is -0.490 e. The number of carbonyl (C=O) groups is 1. The number of carbonyl (C=O) groups excluding carboxylic acids is 1. The maximum Gasteiger partial charge on any atom is 0.317 e. The molecule has 278 valence electrons. The minimum atomic E-state index is -1.79. The van der Waals surface area contributed by atoms with E-state index in [1.54, 1.807) is 0 Å². The van der Waals surface area contributed by atoms with E-state index in [0.29, 0.717) is 24.6 Å². The lowest BCUT2D eigenvalue weighted by molar-refractivity contribution is -0.113. The second kappa shape index (κ2) is 17.9. The van der Waals surface area contributed by atoms with Crippen LogP contribution in [0.15, 0.2) is 54.9 Å². The number of nitrogens with zero attached hydrogens (tertiary/aromatic N) is 2. The second-order valence-electron chi connectivity index (χ2n) is 13.5. The molecule has 7 N–H and O–H groups in total. The van der Waals surface area contributed by atoms with Crippen LogP contribution in [0.2, 0.25) is 5.02 Å². The number of pyridine rings is 1. The van der Waals surface area contributed by atoms with E-state index in [9.17, 15) is 30.3 Å². The van der Waals surface area contributed by atoms with Gasteiger partial charge < -0.3 is 50.3 Å². The molecule has 1 heterocycles. The van der Waals surface area contributed by atoms with Gasteiger partial charge in [-0.1, -0.05) is 35.9 Å². The third-order valence-corrected chi connectivity index (χ3v) is 9.94. The Morgan fingerprint density at radius 2 is 1.75 bits per heavy atom. The number of aliphatic hydroxyl groups is 6. The van der Waals surface area contributed by atoms with Gasteiger partial charge in [-0.15, -0.1) is 0 Å². The Kier molecular flexibility index (Phi) is 13.7. The molecular weight excluding hydrogens is 678 g/mol. The third-order valence-electron chi connectivity index (χ3n) is 9.59. The Hall–Kier alpha value is -3.33. The van der Waals surface area contributed by atoms with Gasteiger partial charge in [-0.05, 0) is 92.3 Å². The average Bonchev–Trinajstić information content (AvgIpc) is 4.09. The summed E-state index contributed by atoms with van der Waals surface area (Å²) in [6.07, 6.45) is 3.25. The molecular formula is C38H50ClN3O9. The van der Waals surface area contributed by atoms with E-state index >= 15 is 0 Å². The van der Waals surface area contributed by atoms with Crippen molar-refractivity contribution in [3.63, 3.8) is 0 Å². The highest BCUT2D eigenvalue weighted by molar-refractivity contribution is 6.31. The van der Waals surface area contributed by atoms with Crippen LogP contribution in [0, 0.1) is 6.92 Å². The van der Waals surface area contributed by atoms with Crippen LogP contribution in [-0.2, 0) is 23.4 Å². The van der Waals surface area contributed by atoms with Crippen molar-refractivity contribution in [3.8, 4) is 16.9 Å². The number of para-hydroxylation sites is 1. The zero-order valence-corrected chi connectivity index (χ0v) is 29.7. The van der Waals surface area contributed by atoms with E-state index in [1.807, 2.05) is 49.6 Å². The molecule has 2 amide bonds. The fraction of sp³-hybridized carbons (Fsp3) is 0.526. The summed E-state index contributed by atoms with van der Waals surface area (Å²) in [7, 11) is 0. The van der Waals surface area contributed by atoms with E-state index in [0.717, 1.165) is 77.7 Å². The fourth-order valence-corrected chi connectivity index (χ4v) is 6.42. The summed E-state index contributed by atoms with van der Waals surface area (Å²) in [5, 5.41) is 60.9. The zero-order valence-electron chi connectivity index (χ0n) is 29.0. The standard InChI is InChI=1S/C38H50ClN3O9/c1-24-18-26(23-50-38(12-13-38)30-20-40-14-11-28(30)29-7-2-3-8-34(29)51-27-9-10-27)31(39)19-25(24)6-4-5-15-42(16-17-43)37(49)41-21-32(45)35(47)36(48)33(46)22-44/h2-3,7-8,11,14,18-20,27,32-33,35-36,43-48H,4-6,9-10,12-13,15-17,21-23H2,1H3,(H,41,49). The summed E-state index contributed by atoms with van der Waals surface area (Å²) in [4.78, 5) is 18.6. The first-order valence-corrected chi connectivity index (χ1v) is 18.0. The molecule has 12 nitrogen and oxygen atoms in total. The highest BCUT2D eigenvalue weighted by Gasteiger charge is 2.48. The molecule has 5 rings (SSSR count). The van der Waals surface area contributed by atoms with E-state index in [1.165, 1.54) is 4.90 Å². The Morgan fingerprint density at radius 3 is 2.45 bits per heavy atom. The van der Waals surface area contributed by atoms with E-state index in [2.05, 4.69) is 22.4 Å². The van der Waals surface area contributed by atoms with Gasteiger partial charge in [-0.25, -0.2) is 4.79 Å². The number of amides is 2. The van der Waals surface area contributed by atoms with Crippen LogP contribution >= 0.6 is 11.6 Å². The summed E-state index contributed by atoms with van der Waals surface area (Å²) < 4.78 is 12.9. The molecule has 1 aromatic heterocycles. The molecule has 2 aliphatic rings. The Labute approximate surface area is 303 Å². The van der Waals surface area contributed by atoms with Crippen LogP contribution in [0.3, 0.4) is 0 Å². The molecule has 0 aliphatic heterocycles. The molecule has 4 unspecified atom stereocenters. The zero-order chi connectivity index (χ0) is 36.5. The number of nitrogens with one attached hydrogen (secondary N) is 1. The summed E-state index contributed by atoms with van der Waals surface area (Å²) in [5.74, 6) is 0.882. The van der Waals surface area contributed by atoms with Crippen LogP contribution in [-0.4, -0.2) is 110 Å². The molecule has 3 aromatic rings. The first-order chi connectivity index (χ1) is 24.6. The number of halogens is 1. The van der Waals surface area contributed by atoms with Gasteiger partial charge in [0.2, 0.25) is 0 Å². The Morgan fingerprint density at radius 1 is 1.00 bits per heavy atom. The number of aryl methyl sites for hydroxylation is 2. The van der Waals surface area contributed by atoms with Gasteiger partial charge in [0.1, 0.15) is 24.1 Å². The number of unbranched alkanes of at least 4 members (excludes halogenated alkanes) is 1. The molecule has 2 fully saturated rings. The van der Waals surface area contributed by atoms with Crippen molar-refractivity contribution in [1.82, 2.24) is 15.2 Å². The summed E-state index contributed by atoms with van der Waals surface area (Å²) in [6, 6.07) is 13.7. The van der Waals surface area contributed by atoms with Crippen molar-refractivity contribution in [3.05, 3.63) is 82.1 Å². The van der Waals surface area contributed by atoms with Crippen molar-refractivity contribution >= 4 is 17.6 Å². The topological polar surface area (TPSA) is 185 Å². The Bertz CT molecular complexity index is 1600. The molecule has 2 saturated carbocycles. The van der Waals surface area contributed by atoms with Gasteiger partial charge in [0, 0.05) is 48.2 Å². The lowest BCUT2D eigenvalue weighted by atomic mass is 9.96. The van der Waals surface area contributed by atoms with Crippen LogP contribution in [0.4, 0.5) is 4.79 Å². The molecule has 0 bridgehead atoms. The number of hydrogen-bond donors (Lipinski definition) is 7. The number of rotatable bonds is 20. The van der Waals surface area contributed by atoms with Crippen LogP contribution in [0.1, 0.15) is 60.8 Å². The fourth-order valence-electron chi connectivity index (χ4n) is 6.17. The number of urea groups is 1. The molecule has 4 atom stereocenters. The SMILES string of the molecule is Cc1cc(COC2(c3cnccc3-c3ccccc3OC3CC3)CC2)c(Cl)cc1CCCCN(CCO)C(=O)NCC(O)C(O)C(O)C(O)CO. The van der Waals surface area contributed by atoms with Gasteiger partial charge in [0.25, 0.3) is 0 Å². The van der Waals surface area contributed by atoms with Crippen LogP contribution in [0.5, 0.6) is 5.75 Å². The van der Waals surface area contributed by atoms with Gasteiger partial charge in [0.15, 0.2) is 0 Å². The highest BCUT2D eigenvalue weighted by atomic mass is 35.5. The molecule has 0 radical (unpaired) electrons. The van der Waals surface area contributed by atoms with E-state index in [4.69, 9.17) is 26.2 Å². The number of benzene rings is 2. The molecule has 0 spiro atoms. The molecule has 2 aromatic carbocycles. The van der Waals surface area contributed by atoms with Crippen molar-refractivity contribution in [2.45, 2.75) is 94.6 Å². The first-order valence-electron chi connectivity index (χ1n) is 17.7. The number of aromatic nitrogens is 1. The van der Waals surface area contributed by atoms with Crippen molar-refractivity contribution in [1.29, 1.82) is 0 Å². The molecule has 13 heteroatoms. The number of aliphatic hydroxyl groups excluding tert-OH is 6. The summed E-state index contributed by atoms with van der Waals surface area (Å²) in [6.45, 7) is 1.34. The van der Waals surface area contributed by atoms with Crippen molar-refractivity contribution in [2.24, 2.45) is 0 Å². The normalized spacial score (nSPS) is 17.3. The predicted octanol–water partition coefficient (Wildman–Crippen LogP) is 3.22. The maximum atomic E-state index is 12.7. The molecule has 2 aliphatic carbocycles. The largest absolute Gasteiger partial charge is 0.490 e. The van der Waals surface area contributed by atoms with Crippen LogP contribution in [0.25, 0.3) is 11.1 Å². The molecule has 51 heavy (non-hydrogen) atoms. The van der Waals surface area contributed by atoms with Gasteiger partial charge >= 0.3 is 6.03 Å². The molecule has 0 saturated heterocycles. The van der Waals surface area contributed by atoms with Gasteiger partial charge in [-0.2, -0.15) is 0 Å². The van der Waals surface area contributed by atoms with Crippen molar-refractivity contribution in [2.75, 3.05) is 32.8 Å². The smallest absolute Gasteiger partial charge is 0.317 e. The summed E-state index contributed by atoms with van der Waals surface area (Å²) in [5.41, 5.74) is 5.80. The minimum absolute atomic E-state index is 0.0681. The maximum absolute atomic E-state index is 12.7. The number of hydrogen-bond acceptors (Lipinski definition) is 10. The predicted molar refractivity (Wildman–Crippen MR) is 191 cm³/mol. The van der Waals surface area contributed by atoms with Gasteiger partial charge in [-0.3, -0.25) is 4.98 Å².